The zero-order valence-electron chi connectivity index (χ0n) is 13.0. The second-order valence-corrected chi connectivity index (χ2v) is 5.56. The second-order valence-electron chi connectivity index (χ2n) is 5.56. The zero-order chi connectivity index (χ0) is 14.6. The second kappa shape index (κ2) is 6.18. The first-order valence-electron chi connectivity index (χ1n) is 7.12. The Kier molecular flexibility index (Phi) is 5.10. The molecule has 1 aromatic rings. The van der Waals surface area contributed by atoms with Crippen LogP contribution in [0.4, 0.5) is 0 Å². The lowest BCUT2D eigenvalue weighted by molar-refractivity contribution is -0.140. The normalized spacial score (nSPS) is 21.7. The van der Waals surface area contributed by atoms with E-state index in [1.54, 1.807) is 0 Å². The quantitative estimate of drug-likeness (QED) is 0.775. The van der Waals surface area contributed by atoms with Crippen molar-refractivity contribution in [3.8, 4) is 0 Å². The standard InChI is InChI=1S/C14H20N2O.C2H6/c1-10-5-6-12(15-9-10)11-7-8-14(2,3)16(4)13(11)17;1-2/h5-6,9,11H,7-8H2,1-4H3;1-2H3. The number of carbonyl (C=O) groups is 1. The van der Waals surface area contributed by atoms with Gasteiger partial charge in [0.25, 0.3) is 0 Å². The van der Waals surface area contributed by atoms with E-state index in [4.69, 9.17) is 0 Å². The molecule has 2 rings (SSSR count). The fourth-order valence-corrected chi connectivity index (χ4v) is 2.28. The number of carbonyl (C=O) groups excluding carboxylic acids is 1. The van der Waals surface area contributed by atoms with E-state index in [-0.39, 0.29) is 17.4 Å². The van der Waals surface area contributed by atoms with E-state index in [0.29, 0.717) is 0 Å². The summed E-state index contributed by atoms with van der Waals surface area (Å²) in [5.74, 6) is 0.131. The minimum absolute atomic E-state index is 0.0295. The van der Waals surface area contributed by atoms with Crippen molar-refractivity contribution in [2.75, 3.05) is 7.05 Å². The van der Waals surface area contributed by atoms with E-state index in [0.717, 1.165) is 24.1 Å². The Hall–Kier alpha value is -1.38. The zero-order valence-corrected chi connectivity index (χ0v) is 13.0. The van der Waals surface area contributed by atoms with Crippen LogP contribution in [0.1, 0.15) is 57.7 Å². The maximum atomic E-state index is 12.3. The first-order valence-corrected chi connectivity index (χ1v) is 7.12. The van der Waals surface area contributed by atoms with Crippen molar-refractivity contribution in [2.24, 2.45) is 0 Å². The molecule has 0 spiro atoms. The summed E-state index contributed by atoms with van der Waals surface area (Å²) in [6, 6.07) is 4.00. The van der Waals surface area contributed by atoms with Crippen LogP contribution in [-0.2, 0) is 4.79 Å². The van der Waals surface area contributed by atoms with Crippen molar-refractivity contribution in [1.82, 2.24) is 9.88 Å². The molecule has 1 aliphatic rings. The van der Waals surface area contributed by atoms with Gasteiger partial charge in [-0.3, -0.25) is 9.78 Å². The molecule has 1 unspecified atom stereocenters. The van der Waals surface area contributed by atoms with Crippen molar-refractivity contribution in [1.29, 1.82) is 0 Å². The largest absolute Gasteiger partial charge is 0.340 e. The van der Waals surface area contributed by atoms with Gasteiger partial charge in [0.2, 0.25) is 5.91 Å². The summed E-state index contributed by atoms with van der Waals surface area (Å²) >= 11 is 0. The maximum absolute atomic E-state index is 12.3. The van der Waals surface area contributed by atoms with Crippen molar-refractivity contribution in [2.45, 2.75) is 58.9 Å². The lowest BCUT2D eigenvalue weighted by Crippen LogP contribution is -2.51. The van der Waals surface area contributed by atoms with E-state index in [2.05, 4.69) is 18.8 Å². The third kappa shape index (κ3) is 3.34. The van der Waals surface area contributed by atoms with Crippen LogP contribution in [0.5, 0.6) is 0 Å². The number of nitrogens with zero attached hydrogens (tertiary/aromatic N) is 2. The van der Waals surface area contributed by atoms with Gasteiger partial charge >= 0.3 is 0 Å². The fraction of sp³-hybridized carbons (Fsp3) is 0.625. The van der Waals surface area contributed by atoms with E-state index in [1.165, 1.54) is 0 Å². The molecule has 0 aromatic carbocycles. The van der Waals surface area contributed by atoms with Gasteiger partial charge in [-0.15, -0.1) is 0 Å². The Labute approximate surface area is 117 Å². The topological polar surface area (TPSA) is 33.2 Å². The summed E-state index contributed by atoms with van der Waals surface area (Å²) in [4.78, 5) is 18.6. The molecule has 1 amide bonds. The monoisotopic (exact) mass is 262 g/mol. The molecule has 0 saturated carbocycles. The predicted octanol–water partition coefficient (Wildman–Crippen LogP) is 3.53. The lowest BCUT2D eigenvalue weighted by Gasteiger charge is -2.42. The summed E-state index contributed by atoms with van der Waals surface area (Å²) in [6.07, 6.45) is 3.75. The molecular weight excluding hydrogens is 236 g/mol. The van der Waals surface area contributed by atoms with Crippen LogP contribution in [0.15, 0.2) is 18.3 Å². The average Bonchev–Trinajstić information content (AvgIpc) is 2.40. The molecule has 1 aromatic heterocycles. The number of piperidine rings is 1. The third-order valence-electron chi connectivity index (χ3n) is 3.87. The molecular formula is C16H26N2O. The molecule has 1 saturated heterocycles. The Morgan fingerprint density at radius 3 is 2.47 bits per heavy atom. The Bertz CT molecular complexity index is 423. The molecule has 0 aliphatic carbocycles. The van der Waals surface area contributed by atoms with Gasteiger partial charge < -0.3 is 4.90 Å². The number of aryl methyl sites for hydroxylation is 1. The van der Waals surface area contributed by atoms with Gasteiger partial charge in [0.1, 0.15) is 0 Å². The molecule has 106 valence electrons. The van der Waals surface area contributed by atoms with Crippen molar-refractivity contribution in [3.63, 3.8) is 0 Å². The fourth-order valence-electron chi connectivity index (χ4n) is 2.28. The summed E-state index contributed by atoms with van der Waals surface area (Å²) in [5, 5.41) is 0. The summed E-state index contributed by atoms with van der Waals surface area (Å²) in [5.41, 5.74) is 2.01. The number of pyridine rings is 1. The molecule has 3 heteroatoms. The van der Waals surface area contributed by atoms with Crippen molar-refractivity contribution >= 4 is 5.91 Å². The highest BCUT2D eigenvalue weighted by Gasteiger charge is 2.38. The Morgan fingerprint density at radius 1 is 1.32 bits per heavy atom. The highest BCUT2D eigenvalue weighted by atomic mass is 16.2. The van der Waals surface area contributed by atoms with Gasteiger partial charge in [-0.25, -0.2) is 0 Å². The predicted molar refractivity (Wildman–Crippen MR) is 79.1 cm³/mol. The molecule has 1 aliphatic heterocycles. The van der Waals surface area contributed by atoms with Gasteiger partial charge in [-0.1, -0.05) is 19.9 Å². The van der Waals surface area contributed by atoms with Crippen LogP contribution in [0.25, 0.3) is 0 Å². The van der Waals surface area contributed by atoms with Crippen LogP contribution >= 0.6 is 0 Å². The number of hydrogen-bond donors (Lipinski definition) is 0. The van der Waals surface area contributed by atoms with Crippen molar-refractivity contribution < 1.29 is 4.79 Å². The molecule has 0 bridgehead atoms. The van der Waals surface area contributed by atoms with E-state index in [9.17, 15) is 4.79 Å². The highest BCUT2D eigenvalue weighted by Crippen LogP contribution is 2.34. The van der Waals surface area contributed by atoms with Gasteiger partial charge in [0, 0.05) is 18.8 Å². The molecule has 1 fully saturated rings. The summed E-state index contributed by atoms with van der Waals surface area (Å²) < 4.78 is 0. The van der Waals surface area contributed by atoms with Crippen LogP contribution in [-0.4, -0.2) is 28.4 Å². The number of amides is 1. The minimum atomic E-state index is -0.0615. The summed E-state index contributed by atoms with van der Waals surface area (Å²) in [6.45, 7) is 10.2. The third-order valence-corrected chi connectivity index (χ3v) is 3.87. The first-order chi connectivity index (χ1) is 8.92. The number of rotatable bonds is 1. The number of aromatic nitrogens is 1. The van der Waals surface area contributed by atoms with Gasteiger partial charge in [0.15, 0.2) is 0 Å². The number of likely N-dealkylation sites (tertiary alicyclic amines) is 1. The lowest BCUT2D eigenvalue weighted by atomic mass is 9.83. The Morgan fingerprint density at radius 2 is 1.95 bits per heavy atom. The molecule has 2 heterocycles. The van der Waals surface area contributed by atoms with Crippen LogP contribution < -0.4 is 0 Å². The van der Waals surface area contributed by atoms with Crippen LogP contribution in [0.2, 0.25) is 0 Å². The summed E-state index contributed by atoms with van der Waals surface area (Å²) in [7, 11) is 1.89. The van der Waals surface area contributed by atoms with Gasteiger partial charge in [0.05, 0.1) is 11.6 Å². The highest BCUT2D eigenvalue weighted by molar-refractivity contribution is 5.84. The van der Waals surface area contributed by atoms with E-state index >= 15 is 0 Å². The molecule has 0 radical (unpaired) electrons. The van der Waals surface area contributed by atoms with Gasteiger partial charge in [-0.2, -0.15) is 0 Å². The van der Waals surface area contributed by atoms with Crippen LogP contribution in [0.3, 0.4) is 0 Å². The molecule has 3 nitrogen and oxygen atoms in total. The molecule has 19 heavy (non-hydrogen) atoms. The van der Waals surface area contributed by atoms with Crippen molar-refractivity contribution in [3.05, 3.63) is 29.6 Å². The maximum Gasteiger partial charge on any atom is 0.231 e. The van der Waals surface area contributed by atoms with E-state index in [1.807, 2.05) is 51.0 Å². The van der Waals surface area contributed by atoms with Gasteiger partial charge in [-0.05, 0) is 45.2 Å². The first kappa shape index (κ1) is 15.7. The average molecular weight is 262 g/mol. The number of likely N-dealkylation sites (N-methyl/N-ethyl adjacent to an activating group) is 1. The molecule has 0 N–H and O–H groups in total. The minimum Gasteiger partial charge on any atom is -0.340 e. The Balaban J connectivity index is 0.000000861. The molecule has 1 atom stereocenters. The van der Waals surface area contributed by atoms with Crippen LogP contribution in [0, 0.1) is 6.92 Å². The van der Waals surface area contributed by atoms with E-state index < -0.39 is 0 Å². The smallest absolute Gasteiger partial charge is 0.231 e. The SMILES string of the molecule is CC.Cc1ccc(C2CCC(C)(C)N(C)C2=O)nc1. The number of hydrogen-bond acceptors (Lipinski definition) is 2.